The maximum atomic E-state index is 5.75. The van der Waals surface area contributed by atoms with Gasteiger partial charge >= 0.3 is 0 Å². The molecule has 1 rings (SSSR count). The molecule has 1 heterocycles. The van der Waals surface area contributed by atoms with Gasteiger partial charge in [-0.3, -0.25) is 0 Å². The zero-order chi connectivity index (χ0) is 9.30. The topological polar surface area (TPSA) is 12.9 Å². The Bertz CT molecular complexity index is 311. The zero-order valence-corrected chi connectivity index (χ0v) is 9.32. The summed E-state index contributed by atoms with van der Waals surface area (Å²) in [5.74, 6) is 0.148. The molecule has 6 heteroatoms. The van der Waals surface area contributed by atoms with E-state index in [2.05, 4.69) is 4.98 Å². The third-order valence-corrected chi connectivity index (χ3v) is 3.15. The number of pyridine rings is 1. The molecule has 0 aliphatic heterocycles. The summed E-state index contributed by atoms with van der Waals surface area (Å²) < 4.78 is 0. The van der Waals surface area contributed by atoms with Gasteiger partial charge in [-0.05, 0) is 0 Å². The summed E-state index contributed by atoms with van der Waals surface area (Å²) in [4.78, 5) is 3.84. The van der Waals surface area contributed by atoms with Crippen molar-refractivity contribution in [2.75, 3.05) is 0 Å². The van der Waals surface area contributed by atoms with Crippen molar-refractivity contribution in [3.63, 3.8) is 0 Å². The Labute approximate surface area is 94.5 Å². The summed E-state index contributed by atoms with van der Waals surface area (Å²) in [6.45, 7) is 0. The van der Waals surface area contributed by atoms with Crippen LogP contribution in [0.1, 0.15) is 5.69 Å². The maximum Gasteiger partial charge on any atom is 0.149 e. The van der Waals surface area contributed by atoms with Gasteiger partial charge in [-0.1, -0.05) is 46.4 Å². The predicted molar refractivity (Wildman–Crippen MR) is 53.8 cm³/mol. The fourth-order valence-corrected chi connectivity index (χ4v) is 1.71. The van der Waals surface area contributed by atoms with Crippen molar-refractivity contribution in [3.05, 3.63) is 25.9 Å². The Kier molecular flexibility index (Phi) is 3.74. The molecule has 0 unspecified atom stereocenters. The van der Waals surface area contributed by atoms with E-state index in [1.165, 1.54) is 0 Å². The lowest BCUT2D eigenvalue weighted by Crippen LogP contribution is -1.90. The van der Waals surface area contributed by atoms with Crippen molar-refractivity contribution < 1.29 is 0 Å². The third kappa shape index (κ3) is 1.91. The predicted octanol–water partition coefficient (Wildman–Crippen LogP) is 4.43. The van der Waals surface area contributed by atoms with Crippen molar-refractivity contribution in [3.8, 4) is 0 Å². The van der Waals surface area contributed by atoms with Crippen molar-refractivity contribution in [2.24, 2.45) is 0 Å². The molecule has 0 aliphatic carbocycles. The Morgan fingerprint density at radius 3 is 2.00 bits per heavy atom. The number of rotatable bonds is 1. The Hall–Kier alpha value is 0.600. The van der Waals surface area contributed by atoms with Gasteiger partial charge in [0.15, 0.2) is 0 Å². The number of hydrogen-bond acceptors (Lipinski definition) is 1. The monoisotopic (exact) mass is 263 g/mol. The largest absolute Gasteiger partial charge is 0.237 e. The van der Waals surface area contributed by atoms with Crippen LogP contribution < -0.4 is 0 Å². The van der Waals surface area contributed by atoms with Gasteiger partial charge in [-0.25, -0.2) is 4.98 Å². The van der Waals surface area contributed by atoms with E-state index < -0.39 is 0 Å². The number of hydrogen-bond donors (Lipinski definition) is 0. The van der Waals surface area contributed by atoms with Crippen LogP contribution in [0.4, 0.5) is 0 Å². The molecule has 0 aliphatic rings. The lowest BCUT2D eigenvalue weighted by molar-refractivity contribution is 1.17. The van der Waals surface area contributed by atoms with Crippen LogP contribution in [-0.4, -0.2) is 4.98 Å². The highest BCUT2D eigenvalue weighted by atomic mass is 35.5. The summed E-state index contributed by atoms with van der Waals surface area (Å²) in [6.07, 6.45) is 0. The molecular formula is C6H2Cl5N. The summed E-state index contributed by atoms with van der Waals surface area (Å²) >= 11 is 28.3. The van der Waals surface area contributed by atoms with Crippen molar-refractivity contribution in [1.29, 1.82) is 0 Å². The van der Waals surface area contributed by atoms with E-state index in [4.69, 9.17) is 58.0 Å². The first-order chi connectivity index (χ1) is 5.57. The molecule has 0 spiro atoms. The van der Waals surface area contributed by atoms with E-state index in [1.807, 2.05) is 0 Å². The fourth-order valence-electron chi connectivity index (χ4n) is 0.619. The van der Waals surface area contributed by atoms with Crippen LogP contribution >= 0.6 is 58.0 Å². The molecule has 0 fully saturated rings. The lowest BCUT2D eigenvalue weighted by Gasteiger charge is -2.04. The van der Waals surface area contributed by atoms with Crippen LogP contribution in [0.15, 0.2) is 0 Å². The molecular weight excluding hydrogens is 263 g/mol. The van der Waals surface area contributed by atoms with E-state index in [9.17, 15) is 0 Å². The molecule has 1 aromatic heterocycles. The average Bonchev–Trinajstić information content (AvgIpc) is 2.08. The number of alkyl halides is 1. The summed E-state index contributed by atoms with van der Waals surface area (Å²) in [5, 5.41) is 0.703. The highest BCUT2D eigenvalue weighted by Gasteiger charge is 2.13. The molecule has 0 N–H and O–H groups in total. The van der Waals surface area contributed by atoms with Crippen LogP contribution in [0, 0.1) is 0 Å². The summed E-state index contributed by atoms with van der Waals surface area (Å²) in [7, 11) is 0. The molecule has 0 amide bonds. The normalized spacial score (nSPS) is 10.4. The van der Waals surface area contributed by atoms with E-state index in [0.717, 1.165) is 0 Å². The summed E-state index contributed by atoms with van der Waals surface area (Å²) in [6, 6.07) is 0. The lowest BCUT2D eigenvalue weighted by atomic mass is 10.4. The van der Waals surface area contributed by atoms with Crippen molar-refractivity contribution in [1.82, 2.24) is 4.98 Å². The molecule has 1 nitrogen and oxygen atoms in total. The van der Waals surface area contributed by atoms with Crippen LogP contribution in [0.2, 0.25) is 20.2 Å². The van der Waals surface area contributed by atoms with Gasteiger partial charge in [0.2, 0.25) is 0 Å². The number of aromatic nitrogens is 1. The van der Waals surface area contributed by atoms with Gasteiger partial charge in [0.25, 0.3) is 0 Å². The highest BCUT2D eigenvalue weighted by molar-refractivity contribution is 6.51. The van der Waals surface area contributed by atoms with Gasteiger partial charge in [-0.15, -0.1) is 11.6 Å². The highest BCUT2D eigenvalue weighted by Crippen LogP contribution is 2.36. The molecule has 12 heavy (non-hydrogen) atoms. The minimum atomic E-state index is 0.113. The Morgan fingerprint density at radius 1 is 0.917 bits per heavy atom. The average molecular weight is 265 g/mol. The first-order valence-electron chi connectivity index (χ1n) is 2.82. The van der Waals surface area contributed by atoms with Gasteiger partial charge in [0.05, 0.1) is 26.6 Å². The van der Waals surface area contributed by atoms with Crippen molar-refractivity contribution in [2.45, 2.75) is 5.88 Å². The maximum absolute atomic E-state index is 5.75. The second-order valence-corrected chi connectivity index (χ2v) is 3.68. The SMILES string of the molecule is ClCc1nc(Cl)c(Cl)c(Cl)c1Cl. The molecule has 1 aromatic rings. The smallest absolute Gasteiger partial charge is 0.149 e. The summed E-state index contributed by atoms with van der Waals surface area (Å²) in [5.41, 5.74) is 0.428. The first kappa shape index (κ1) is 10.7. The number of halogens is 5. The van der Waals surface area contributed by atoms with Crippen LogP contribution in [-0.2, 0) is 5.88 Å². The minimum Gasteiger partial charge on any atom is -0.237 e. The quantitative estimate of drug-likeness (QED) is 0.540. The molecule has 0 radical (unpaired) electrons. The second kappa shape index (κ2) is 4.21. The molecule has 0 saturated heterocycles. The van der Waals surface area contributed by atoms with Crippen LogP contribution in [0.25, 0.3) is 0 Å². The van der Waals surface area contributed by atoms with Crippen molar-refractivity contribution >= 4 is 58.0 Å². The van der Waals surface area contributed by atoms with E-state index in [1.54, 1.807) is 0 Å². The molecule has 0 aromatic carbocycles. The van der Waals surface area contributed by atoms with E-state index >= 15 is 0 Å². The number of nitrogens with zero attached hydrogens (tertiary/aromatic N) is 1. The third-order valence-electron chi connectivity index (χ3n) is 1.18. The first-order valence-corrected chi connectivity index (χ1v) is 4.87. The fraction of sp³-hybridized carbons (Fsp3) is 0.167. The molecule has 0 bridgehead atoms. The Balaban J connectivity index is 3.39. The molecule has 0 saturated carbocycles. The van der Waals surface area contributed by atoms with Gasteiger partial charge in [-0.2, -0.15) is 0 Å². The van der Waals surface area contributed by atoms with Gasteiger partial charge in [0.1, 0.15) is 5.15 Å². The van der Waals surface area contributed by atoms with E-state index in [-0.39, 0.29) is 26.1 Å². The van der Waals surface area contributed by atoms with Crippen LogP contribution in [0.5, 0.6) is 0 Å². The van der Waals surface area contributed by atoms with Crippen LogP contribution in [0.3, 0.4) is 0 Å². The molecule has 0 atom stereocenters. The second-order valence-electron chi connectivity index (χ2n) is 1.92. The van der Waals surface area contributed by atoms with Gasteiger partial charge in [0, 0.05) is 0 Å². The molecule has 66 valence electrons. The standard InChI is InChI=1S/C6H2Cl5N/c7-1-2-3(8)4(9)5(10)6(11)12-2/h1H2. The van der Waals surface area contributed by atoms with E-state index in [0.29, 0.717) is 5.69 Å². The minimum absolute atomic E-state index is 0.113. The zero-order valence-electron chi connectivity index (χ0n) is 5.54. The Morgan fingerprint density at radius 2 is 1.50 bits per heavy atom. The van der Waals surface area contributed by atoms with Gasteiger partial charge < -0.3 is 0 Å².